The van der Waals surface area contributed by atoms with Crippen LogP contribution in [0.2, 0.25) is 0 Å². The van der Waals surface area contributed by atoms with Gasteiger partial charge in [-0.05, 0) is 71.1 Å². The van der Waals surface area contributed by atoms with E-state index in [-0.39, 0.29) is 0 Å². The average Bonchev–Trinajstić information content (AvgIpc) is 2.86. The van der Waals surface area contributed by atoms with Crippen molar-refractivity contribution in [2.45, 2.75) is 39.0 Å². The van der Waals surface area contributed by atoms with Gasteiger partial charge in [-0.1, -0.05) is 20.3 Å². The van der Waals surface area contributed by atoms with E-state index in [0.29, 0.717) is 0 Å². The van der Waals surface area contributed by atoms with Crippen molar-refractivity contribution in [1.29, 1.82) is 0 Å². The number of rotatable bonds is 5. The summed E-state index contributed by atoms with van der Waals surface area (Å²) in [4.78, 5) is 1.57. The van der Waals surface area contributed by atoms with Crippen LogP contribution in [0, 0.1) is 11.8 Å². The van der Waals surface area contributed by atoms with E-state index in [9.17, 15) is 0 Å². The summed E-state index contributed by atoms with van der Waals surface area (Å²) in [6.45, 7) is 6.88. The van der Waals surface area contributed by atoms with Crippen LogP contribution in [0.1, 0.15) is 43.9 Å². The molecule has 0 aliphatic heterocycles. The van der Waals surface area contributed by atoms with Crippen molar-refractivity contribution in [3.63, 3.8) is 0 Å². The lowest BCUT2D eigenvalue weighted by Gasteiger charge is -2.20. The lowest BCUT2D eigenvalue weighted by molar-refractivity contribution is 0.427. The zero-order chi connectivity index (χ0) is 12.3. The summed E-state index contributed by atoms with van der Waals surface area (Å²) >= 11 is 5.60. The van der Waals surface area contributed by atoms with E-state index in [1.54, 1.807) is 4.88 Å². The molecule has 1 fully saturated rings. The number of halogens is 1. The van der Waals surface area contributed by atoms with E-state index in [0.717, 1.165) is 24.3 Å². The first-order valence-corrected chi connectivity index (χ1v) is 8.29. The Kier molecular flexibility index (Phi) is 5.07. The minimum atomic E-state index is 0.753. The van der Waals surface area contributed by atoms with Crippen LogP contribution in [-0.2, 0) is 0 Å². The third-order valence-electron chi connectivity index (χ3n) is 3.60. The Bertz CT molecular complexity index is 348. The van der Waals surface area contributed by atoms with E-state index in [1.165, 1.54) is 30.3 Å². The van der Waals surface area contributed by atoms with Gasteiger partial charge in [0.1, 0.15) is 0 Å². The molecule has 3 heteroatoms. The standard InChI is InChI=1S/C14H22BrNS/c1-10(2)8-16-9-11-4-3-5-12(11)14-13(15)6-7-17-14/h6-7,10-12,16H,3-5,8-9H2,1-2H3. The predicted molar refractivity (Wildman–Crippen MR) is 79.8 cm³/mol. The average molecular weight is 316 g/mol. The Labute approximate surface area is 117 Å². The van der Waals surface area contributed by atoms with Crippen molar-refractivity contribution in [1.82, 2.24) is 5.32 Å². The molecule has 1 aromatic rings. The summed E-state index contributed by atoms with van der Waals surface area (Å²) in [5.41, 5.74) is 0. The Hall–Kier alpha value is 0.140. The van der Waals surface area contributed by atoms with Gasteiger partial charge in [-0.15, -0.1) is 11.3 Å². The fourth-order valence-corrected chi connectivity index (χ4v) is 4.65. The molecule has 1 aromatic heterocycles. The van der Waals surface area contributed by atoms with Crippen LogP contribution in [0.15, 0.2) is 15.9 Å². The monoisotopic (exact) mass is 315 g/mol. The minimum Gasteiger partial charge on any atom is -0.316 e. The molecular formula is C14H22BrNS. The maximum atomic E-state index is 3.69. The molecule has 1 nitrogen and oxygen atoms in total. The summed E-state index contributed by atoms with van der Waals surface area (Å²) in [6.07, 6.45) is 4.15. The first-order valence-electron chi connectivity index (χ1n) is 6.62. The Balaban J connectivity index is 1.91. The second-order valence-corrected chi connectivity index (χ2v) is 7.28. The van der Waals surface area contributed by atoms with Gasteiger partial charge < -0.3 is 5.32 Å². The van der Waals surface area contributed by atoms with Gasteiger partial charge in [0.2, 0.25) is 0 Å². The summed E-state index contributed by atoms with van der Waals surface area (Å²) in [5, 5.41) is 5.83. The van der Waals surface area contributed by atoms with Crippen LogP contribution in [0.25, 0.3) is 0 Å². The van der Waals surface area contributed by atoms with Crippen molar-refractivity contribution in [3.05, 3.63) is 20.8 Å². The molecule has 2 rings (SSSR count). The fourth-order valence-electron chi connectivity index (χ4n) is 2.75. The topological polar surface area (TPSA) is 12.0 Å². The normalized spacial score (nSPS) is 24.7. The number of hydrogen-bond donors (Lipinski definition) is 1. The second-order valence-electron chi connectivity index (χ2n) is 5.48. The summed E-state index contributed by atoms with van der Waals surface area (Å²) in [6, 6.07) is 2.19. The zero-order valence-corrected chi connectivity index (χ0v) is 13.1. The van der Waals surface area contributed by atoms with E-state index < -0.39 is 0 Å². The molecule has 1 aliphatic rings. The first kappa shape index (κ1) is 13.6. The van der Waals surface area contributed by atoms with Gasteiger partial charge in [0.15, 0.2) is 0 Å². The van der Waals surface area contributed by atoms with Crippen LogP contribution in [0.4, 0.5) is 0 Å². The van der Waals surface area contributed by atoms with Gasteiger partial charge in [0.05, 0.1) is 0 Å². The van der Waals surface area contributed by atoms with E-state index in [4.69, 9.17) is 0 Å². The van der Waals surface area contributed by atoms with Crippen molar-refractivity contribution >= 4 is 27.3 Å². The van der Waals surface area contributed by atoms with Crippen molar-refractivity contribution in [2.24, 2.45) is 11.8 Å². The quantitative estimate of drug-likeness (QED) is 0.834. The molecule has 1 heterocycles. The number of nitrogens with one attached hydrogen (secondary N) is 1. The van der Waals surface area contributed by atoms with Crippen LogP contribution >= 0.6 is 27.3 Å². The van der Waals surface area contributed by atoms with Crippen molar-refractivity contribution in [3.8, 4) is 0 Å². The highest BCUT2D eigenvalue weighted by Gasteiger charge is 2.30. The van der Waals surface area contributed by atoms with E-state index in [1.807, 2.05) is 11.3 Å². The first-order chi connectivity index (χ1) is 8.18. The molecule has 0 amide bonds. The Morgan fingerprint density at radius 1 is 1.47 bits per heavy atom. The molecule has 1 N–H and O–H groups in total. The van der Waals surface area contributed by atoms with E-state index in [2.05, 4.69) is 46.5 Å². The van der Waals surface area contributed by atoms with Gasteiger partial charge in [0, 0.05) is 9.35 Å². The third kappa shape index (κ3) is 3.55. The van der Waals surface area contributed by atoms with Gasteiger partial charge in [0.25, 0.3) is 0 Å². The predicted octanol–water partition coefficient (Wildman–Crippen LogP) is 4.64. The Morgan fingerprint density at radius 2 is 2.29 bits per heavy atom. The molecule has 1 aliphatic carbocycles. The lowest BCUT2D eigenvalue weighted by Crippen LogP contribution is -2.27. The number of thiophene rings is 1. The molecule has 17 heavy (non-hydrogen) atoms. The van der Waals surface area contributed by atoms with E-state index >= 15 is 0 Å². The molecule has 96 valence electrons. The maximum Gasteiger partial charge on any atom is 0.0317 e. The molecule has 2 unspecified atom stereocenters. The van der Waals surface area contributed by atoms with Crippen LogP contribution in [0.5, 0.6) is 0 Å². The Morgan fingerprint density at radius 3 is 2.94 bits per heavy atom. The second kappa shape index (κ2) is 6.35. The van der Waals surface area contributed by atoms with Gasteiger partial charge in [-0.3, -0.25) is 0 Å². The highest BCUT2D eigenvalue weighted by molar-refractivity contribution is 9.10. The third-order valence-corrected chi connectivity index (χ3v) is 5.60. The van der Waals surface area contributed by atoms with Gasteiger partial charge >= 0.3 is 0 Å². The molecule has 0 bridgehead atoms. The van der Waals surface area contributed by atoms with Crippen molar-refractivity contribution in [2.75, 3.05) is 13.1 Å². The highest BCUT2D eigenvalue weighted by Crippen LogP contribution is 2.44. The zero-order valence-electron chi connectivity index (χ0n) is 10.7. The minimum absolute atomic E-state index is 0.753. The summed E-state index contributed by atoms with van der Waals surface area (Å²) in [5.74, 6) is 2.37. The SMILES string of the molecule is CC(C)CNCC1CCCC1c1sccc1Br. The molecule has 0 spiro atoms. The maximum absolute atomic E-state index is 3.69. The smallest absolute Gasteiger partial charge is 0.0317 e. The highest BCUT2D eigenvalue weighted by atomic mass is 79.9. The lowest BCUT2D eigenvalue weighted by atomic mass is 9.94. The molecule has 0 saturated heterocycles. The van der Waals surface area contributed by atoms with Crippen LogP contribution in [0.3, 0.4) is 0 Å². The molecule has 0 radical (unpaired) electrons. The van der Waals surface area contributed by atoms with Crippen LogP contribution < -0.4 is 5.32 Å². The summed E-state index contributed by atoms with van der Waals surface area (Å²) in [7, 11) is 0. The fraction of sp³-hybridized carbons (Fsp3) is 0.714. The van der Waals surface area contributed by atoms with Gasteiger partial charge in [-0.2, -0.15) is 0 Å². The number of hydrogen-bond acceptors (Lipinski definition) is 2. The molecule has 0 aromatic carbocycles. The molecule has 1 saturated carbocycles. The largest absolute Gasteiger partial charge is 0.316 e. The molecular weight excluding hydrogens is 294 g/mol. The van der Waals surface area contributed by atoms with Crippen molar-refractivity contribution < 1.29 is 0 Å². The van der Waals surface area contributed by atoms with Crippen LogP contribution in [-0.4, -0.2) is 13.1 Å². The summed E-state index contributed by atoms with van der Waals surface area (Å²) < 4.78 is 1.32. The van der Waals surface area contributed by atoms with Gasteiger partial charge in [-0.25, -0.2) is 0 Å². The molecule has 2 atom stereocenters.